The van der Waals surface area contributed by atoms with Gasteiger partial charge in [0.1, 0.15) is 11.6 Å². The van der Waals surface area contributed by atoms with Gasteiger partial charge in [-0.25, -0.2) is 19.2 Å². The fourth-order valence-corrected chi connectivity index (χ4v) is 4.48. The van der Waals surface area contributed by atoms with Crippen LogP contribution in [0.15, 0.2) is 60.2 Å². The minimum absolute atomic E-state index is 0.00702. The van der Waals surface area contributed by atoms with Crippen LogP contribution >= 0.6 is 22.9 Å². The van der Waals surface area contributed by atoms with E-state index >= 15 is 0 Å². The molecule has 0 fully saturated rings. The van der Waals surface area contributed by atoms with E-state index in [0.29, 0.717) is 30.6 Å². The zero-order valence-electron chi connectivity index (χ0n) is 20.3. The summed E-state index contributed by atoms with van der Waals surface area (Å²) in [6.45, 7) is 4.71. The van der Waals surface area contributed by atoms with Crippen molar-refractivity contribution in [1.82, 2.24) is 15.0 Å². The van der Waals surface area contributed by atoms with Crippen molar-refractivity contribution in [2.75, 3.05) is 23.8 Å². The molecule has 0 radical (unpaired) electrons. The van der Waals surface area contributed by atoms with Gasteiger partial charge in [0.25, 0.3) is 0 Å². The van der Waals surface area contributed by atoms with Gasteiger partial charge in [-0.2, -0.15) is 4.98 Å². The van der Waals surface area contributed by atoms with Gasteiger partial charge in [-0.15, -0.1) is 11.3 Å². The molecule has 4 aromatic rings. The lowest BCUT2D eigenvalue weighted by Crippen LogP contribution is -2.09. The van der Waals surface area contributed by atoms with Crippen LogP contribution in [0.4, 0.5) is 21.8 Å². The van der Waals surface area contributed by atoms with Crippen molar-refractivity contribution in [3.05, 3.63) is 87.2 Å². The van der Waals surface area contributed by atoms with E-state index in [1.54, 1.807) is 36.6 Å². The van der Waals surface area contributed by atoms with Gasteiger partial charge in [-0.3, -0.25) is 0 Å². The number of benzene rings is 2. The van der Waals surface area contributed by atoms with Gasteiger partial charge in [0.05, 0.1) is 22.8 Å². The molecule has 0 aliphatic rings. The highest BCUT2D eigenvalue weighted by molar-refractivity contribution is 7.09. The zero-order chi connectivity index (χ0) is 26.2. The lowest BCUT2D eigenvalue weighted by molar-refractivity contribution is -0.137. The van der Waals surface area contributed by atoms with Crippen LogP contribution in [0.3, 0.4) is 0 Å². The Hall–Kier alpha value is -3.82. The van der Waals surface area contributed by atoms with Crippen molar-refractivity contribution in [3.8, 4) is 11.1 Å². The van der Waals surface area contributed by atoms with Crippen LogP contribution in [0, 0.1) is 12.7 Å². The molecule has 10 heteroatoms. The van der Waals surface area contributed by atoms with Gasteiger partial charge in [0.15, 0.2) is 0 Å². The second-order valence-corrected chi connectivity index (χ2v) is 9.30. The van der Waals surface area contributed by atoms with Crippen molar-refractivity contribution in [2.45, 2.75) is 20.3 Å². The van der Waals surface area contributed by atoms with Crippen LogP contribution < -0.4 is 10.6 Å². The van der Waals surface area contributed by atoms with E-state index in [-0.39, 0.29) is 5.02 Å². The monoisotopic (exact) mass is 537 g/mol. The molecule has 37 heavy (non-hydrogen) atoms. The standard InChI is InChI=1S/C27H25ClFN5O2S/c1-3-36-25(35)10-7-18-5-4-6-19(13-18)21-15-31-27(33-20-8-9-23(29)22(28)14-20)34-26(21)30-12-11-24-17(2)32-16-37-24/h4-10,13-16H,3,11-12H2,1-2H3,(H2,30,31,33,34)/b10-7+. The molecule has 0 bridgehead atoms. The number of anilines is 3. The number of aryl methyl sites for hydroxylation is 1. The Morgan fingerprint density at radius 2 is 2.08 bits per heavy atom. The van der Waals surface area contributed by atoms with Crippen LogP contribution in [0.1, 0.15) is 23.1 Å². The third-order valence-corrected chi connectivity index (χ3v) is 6.63. The number of halogens is 2. The highest BCUT2D eigenvalue weighted by Crippen LogP contribution is 2.29. The molecule has 7 nitrogen and oxygen atoms in total. The fraction of sp³-hybridized carbons (Fsp3) is 0.185. The normalized spacial score (nSPS) is 11.0. The largest absolute Gasteiger partial charge is 0.463 e. The first-order valence-electron chi connectivity index (χ1n) is 11.6. The maximum absolute atomic E-state index is 13.6. The van der Waals surface area contributed by atoms with Gasteiger partial charge in [-0.05, 0) is 55.3 Å². The van der Waals surface area contributed by atoms with E-state index in [1.165, 1.54) is 23.1 Å². The van der Waals surface area contributed by atoms with Crippen molar-refractivity contribution in [1.29, 1.82) is 0 Å². The van der Waals surface area contributed by atoms with Crippen LogP contribution in [-0.2, 0) is 16.0 Å². The third kappa shape index (κ3) is 7.12. The maximum Gasteiger partial charge on any atom is 0.330 e. The predicted molar refractivity (Wildman–Crippen MR) is 147 cm³/mol. The van der Waals surface area contributed by atoms with Gasteiger partial charge >= 0.3 is 5.97 Å². The van der Waals surface area contributed by atoms with Gasteiger partial charge in [-0.1, -0.05) is 29.8 Å². The Bertz CT molecular complexity index is 1430. The van der Waals surface area contributed by atoms with E-state index in [9.17, 15) is 9.18 Å². The molecule has 0 saturated heterocycles. The van der Waals surface area contributed by atoms with Crippen LogP contribution in [0.5, 0.6) is 0 Å². The summed E-state index contributed by atoms with van der Waals surface area (Å²) < 4.78 is 18.5. The Labute approximate surface area is 223 Å². The Balaban J connectivity index is 1.61. The van der Waals surface area contributed by atoms with Crippen molar-refractivity contribution >= 4 is 52.4 Å². The Morgan fingerprint density at radius 3 is 2.84 bits per heavy atom. The van der Waals surface area contributed by atoms with Crippen LogP contribution in [0.25, 0.3) is 17.2 Å². The fourth-order valence-electron chi connectivity index (χ4n) is 3.52. The minimum atomic E-state index is -0.499. The minimum Gasteiger partial charge on any atom is -0.463 e. The average Bonchev–Trinajstić information content (AvgIpc) is 3.30. The summed E-state index contributed by atoms with van der Waals surface area (Å²) in [4.78, 5) is 26.4. The highest BCUT2D eigenvalue weighted by atomic mass is 35.5. The molecular weight excluding hydrogens is 513 g/mol. The predicted octanol–water partition coefficient (Wildman–Crippen LogP) is 6.68. The smallest absolute Gasteiger partial charge is 0.330 e. The molecule has 0 aliphatic carbocycles. The van der Waals surface area contributed by atoms with E-state index in [4.69, 9.17) is 21.3 Å². The van der Waals surface area contributed by atoms with E-state index in [2.05, 4.69) is 20.6 Å². The highest BCUT2D eigenvalue weighted by Gasteiger charge is 2.12. The zero-order valence-corrected chi connectivity index (χ0v) is 21.9. The number of nitrogens with one attached hydrogen (secondary N) is 2. The molecule has 0 amide bonds. The molecule has 0 aliphatic heterocycles. The quantitative estimate of drug-likeness (QED) is 0.172. The van der Waals surface area contributed by atoms with Crippen molar-refractivity contribution < 1.29 is 13.9 Å². The maximum atomic E-state index is 13.6. The average molecular weight is 538 g/mol. The molecule has 2 N–H and O–H groups in total. The number of nitrogens with zero attached hydrogens (tertiary/aromatic N) is 3. The Morgan fingerprint density at radius 1 is 1.22 bits per heavy atom. The van der Waals surface area contributed by atoms with E-state index in [1.807, 2.05) is 36.7 Å². The number of esters is 1. The number of ether oxygens (including phenoxy) is 1. The molecule has 0 saturated carbocycles. The first-order chi connectivity index (χ1) is 17.9. The molecule has 0 unspecified atom stereocenters. The molecule has 2 aromatic carbocycles. The SMILES string of the molecule is CCOC(=O)/C=C/c1cccc(-c2cnc(Nc3ccc(F)c(Cl)c3)nc2NCCc2scnc2C)c1. The molecule has 0 atom stereocenters. The molecule has 2 aromatic heterocycles. The lowest BCUT2D eigenvalue weighted by atomic mass is 10.0. The van der Waals surface area contributed by atoms with Crippen LogP contribution in [-0.4, -0.2) is 34.1 Å². The van der Waals surface area contributed by atoms with Gasteiger partial charge < -0.3 is 15.4 Å². The topological polar surface area (TPSA) is 89.0 Å². The van der Waals surface area contributed by atoms with Gasteiger partial charge in [0, 0.05) is 41.4 Å². The molecule has 2 heterocycles. The summed E-state index contributed by atoms with van der Waals surface area (Å²) in [7, 11) is 0. The first-order valence-corrected chi connectivity index (χ1v) is 12.9. The molecule has 0 spiro atoms. The number of carbonyl (C=O) groups is 1. The first kappa shape index (κ1) is 26.2. The number of carbonyl (C=O) groups excluding carboxylic acids is 1. The number of thiazole rings is 1. The number of hydrogen-bond acceptors (Lipinski definition) is 8. The second kappa shape index (κ2) is 12.4. The number of aromatic nitrogens is 3. The van der Waals surface area contributed by atoms with E-state index < -0.39 is 11.8 Å². The molecule has 4 rings (SSSR count). The molecule has 190 valence electrons. The summed E-state index contributed by atoms with van der Waals surface area (Å²) in [5.41, 5.74) is 5.92. The second-order valence-electron chi connectivity index (χ2n) is 7.96. The summed E-state index contributed by atoms with van der Waals surface area (Å²) in [6, 6.07) is 12.0. The number of hydrogen-bond donors (Lipinski definition) is 2. The van der Waals surface area contributed by atoms with E-state index in [0.717, 1.165) is 28.8 Å². The lowest BCUT2D eigenvalue weighted by Gasteiger charge is -2.14. The third-order valence-electron chi connectivity index (χ3n) is 5.35. The van der Waals surface area contributed by atoms with Crippen LogP contribution in [0.2, 0.25) is 5.02 Å². The Kier molecular flexibility index (Phi) is 8.81. The summed E-state index contributed by atoms with van der Waals surface area (Å²) in [5, 5.41) is 6.50. The van der Waals surface area contributed by atoms with Crippen molar-refractivity contribution in [2.24, 2.45) is 0 Å². The summed E-state index contributed by atoms with van der Waals surface area (Å²) in [6.07, 6.45) is 5.61. The van der Waals surface area contributed by atoms with Crippen molar-refractivity contribution in [3.63, 3.8) is 0 Å². The summed E-state index contributed by atoms with van der Waals surface area (Å²) >= 11 is 7.54. The number of rotatable bonds is 10. The van der Waals surface area contributed by atoms with Gasteiger partial charge in [0.2, 0.25) is 5.95 Å². The summed E-state index contributed by atoms with van der Waals surface area (Å²) in [5.74, 6) is 0.0648. The molecular formula is C27H25ClFN5O2S.